The summed E-state index contributed by atoms with van der Waals surface area (Å²) in [7, 11) is 1.57. The Hall–Kier alpha value is -1.51. The molecule has 0 radical (unpaired) electrons. The van der Waals surface area contributed by atoms with Gasteiger partial charge in [0.2, 0.25) is 0 Å². The van der Waals surface area contributed by atoms with Crippen LogP contribution in [0.5, 0.6) is 11.5 Å². The van der Waals surface area contributed by atoms with E-state index in [1.807, 2.05) is 13.8 Å². The van der Waals surface area contributed by atoms with Gasteiger partial charge in [0.1, 0.15) is 6.61 Å². The van der Waals surface area contributed by atoms with E-state index >= 15 is 0 Å². The van der Waals surface area contributed by atoms with Gasteiger partial charge in [0.05, 0.1) is 18.1 Å². The molecule has 0 atom stereocenters. The first-order valence-electron chi connectivity index (χ1n) is 4.91. The lowest BCUT2D eigenvalue weighted by Crippen LogP contribution is -2.35. The largest absolute Gasteiger partial charge is 0.493 e. The SMILES string of the molecule is COc1cccc2c1OCC(C)(C)C2=O. The van der Waals surface area contributed by atoms with Crippen molar-refractivity contribution < 1.29 is 14.3 Å². The van der Waals surface area contributed by atoms with Gasteiger partial charge in [-0.15, -0.1) is 0 Å². The van der Waals surface area contributed by atoms with Crippen LogP contribution in [0, 0.1) is 5.41 Å². The third kappa shape index (κ3) is 1.48. The second kappa shape index (κ2) is 3.26. The number of para-hydroxylation sites is 1. The Morgan fingerprint density at radius 3 is 2.80 bits per heavy atom. The highest BCUT2D eigenvalue weighted by molar-refractivity contribution is 6.04. The highest BCUT2D eigenvalue weighted by Crippen LogP contribution is 2.39. The summed E-state index contributed by atoms with van der Waals surface area (Å²) in [5.41, 5.74) is 0.171. The molecule has 0 bridgehead atoms. The van der Waals surface area contributed by atoms with E-state index in [2.05, 4.69) is 0 Å². The van der Waals surface area contributed by atoms with Crippen LogP contribution in [-0.2, 0) is 0 Å². The van der Waals surface area contributed by atoms with Crippen LogP contribution in [-0.4, -0.2) is 19.5 Å². The highest BCUT2D eigenvalue weighted by atomic mass is 16.5. The summed E-state index contributed by atoms with van der Waals surface area (Å²) in [6.45, 7) is 4.18. The van der Waals surface area contributed by atoms with Crippen molar-refractivity contribution in [1.82, 2.24) is 0 Å². The zero-order chi connectivity index (χ0) is 11.1. The first-order chi connectivity index (χ1) is 7.06. The number of rotatable bonds is 1. The molecule has 0 unspecified atom stereocenters. The van der Waals surface area contributed by atoms with Crippen LogP contribution >= 0.6 is 0 Å². The maximum absolute atomic E-state index is 12.1. The minimum atomic E-state index is -0.445. The number of carbonyl (C=O) groups excluding carboxylic acids is 1. The Balaban J connectivity index is 2.55. The normalized spacial score (nSPS) is 17.9. The third-order valence-electron chi connectivity index (χ3n) is 2.64. The molecule has 3 heteroatoms. The van der Waals surface area contributed by atoms with Gasteiger partial charge in [-0.25, -0.2) is 0 Å². The summed E-state index contributed by atoms with van der Waals surface area (Å²) < 4.78 is 10.7. The zero-order valence-corrected chi connectivity index (χ0v) is 9.16. The minimum Gasteiger partial charge on any atom is -0.493 e. The maximum Gasteiger partial charge on any atom is 0.175 e. The number of ether oxygens (including phenoxy) is 2. The van der Waals surface area contributed by atoms with Gasteiger partial charge in [-0.3, -0.25) is 4.79 Å². The van der Waals surface area contributed by atoms with Gasteiger partial charge in [0, 0.05) is 0 Å². The lowest BCUT2D eigenvalue weighted by molar-refractivity contribution is 0.0686. The van der Waals surface area contributed by atoms with Gasteiger partial charge in [0.25, 0.3) is 0 Å². The number of hydrogen-bond donors (Lipinski definition) is 0. The molecule has 1 aromatic rings. The predicted molar refractivity (Wildman–Crippen MR) is 56.6 cm³/mol. The topological polar surface area (TPSA) is 35.5 Å². The second-order valence-electron chi connectivity index (χ2n) is 4.34. The number of ketones is 1. The molecular formula is C12H14O3. The van der Waals surface area contributed by atoms with Gasteiger partial charge in [-0.2, -0.15) is 0 Å². The first kappa shape index (κ1) is 10.0. The molecule has 1 aromatic carbocycles. The molecule has 1 aliphatic rings. The molecule has 0 saturated carbocycles. The average molecular weight is 206 g/mol. The number of methoxy groups -OCH3 is 1. The summed E-state index contributed by atoms with van der Waals surface area (Å²) in [5, 5.41) is 0. The third-order valence-corrected chi connectivity index (χ3v) is 2.64. The average Bonchev–Trinajstić information content (AvgIpc) is 2.23. The van der Waals surface area contributed by atoms with Crippen molar-refractivity contribution in [3.8, 4) is 11.5 Å². The molecule has 1 heterocycles. The summed E-state index contributed by atoms with van der Waals surface area (Å²) in [6.07, 6.45) is 0. The van der Waals surface area contributed by atoms with Gasteiger partial charge in [-0.05, 0) is 26.0 Å². The van der Waals surface area contributed by atoms with Crippen LogP contribution in [0.15, 0.2) is 18.2 Å². The number of fused-ring (bicyclic) bond motifs is 1. The molecule has 0 aliphatic carbocycles. The number of carbonyl (C=O) groups is 1. The molecule has 0 spiro atoms. The van der Waals surface area contributed by atoms with E-state index in [-0.39, 0.29) is 5.78 Å². The fraction of sp³-hybridized carbons (Fsp3) is 0.417. The van der Waals surface area contributed by atoms with Crippen molar-refractivity contribution in [1.29, 1.82) is 0 Å². The molecule has 1 aliphatic heterocycles. The molecule has 15 heavy (non-hydrogen) atoms. The Kier molecular flexibility index (Phi) is 2.18. The van der Waals surface area contributed by atoms with Crippen molar-refractivity contribution in [3.05, 3.63) is 23.8 Å². The summed E-state index contributed by atoms with van der Waals surface area (Å²) in [5.74, 6) is 1.31. The summed E-state index contributed by atoms with van der Waals surface area (Å²) in [4.78, 5) is 12.1. The molecule has 0 N–H and O–H groups in total. The molecule has 2 rings (SSSR count). The van der Waals surface area contributed by atoms with Crippen molar-refractivity contribution >= 4 is 5.78 Å². The lowest BCUT2D eigenvalue weighted by atomic mass is 9.83. The molecule has 0 fully saturated rings. The van der Waals surface area contributed by atoms with Crippen LogP contribution in [0.3, 0.4) is 0 Å². The highest BCUT2D eigenvalue weighted by Gasteiger charge is 2.36. The van der Waals surface area contributed by atoms with E-state index < -0.39 is 5.41 Å². The van der Waals surface area contributed by atoms with E-state index in [0.29, 0.717) is 23.7 Å². The fourth-order valence-corrected chi connectivity index (χ4v) is 1.69. The predicted octanol–water partition coefficient (Wildman–Crippen LogP) is 2.30. The van der Waals surface area contributed by atoms with Crippen molar-refractivity contribution in [3.63, 3.8) is 0 Å². The Morgan fingerprint density at radius 2 is 2.13 bits per heavy atom. The van der Waals surface area contributed by atoms with Gasteiger partial charge >= 0.3 is 0 Å². The lowest BCUT2D eigenvalue weighted by Gasteiger charge is -2.30. The molecule has 0 aromatic heterocycles. The smallest absolute Gasteiger partial charge is 0.175 e. The number of Topliss-reactive ketones (excluding diaryl/α,β-unsaturated/α-hetero) is 1. The van der Waals surface area contributed by atoms with Gasteiger partial charge in [0.15, 0.2) is 17.3 Å². The van der Waals surface area contributed by atoms with E-state index in [4.69, 9.17) is 9.47 Å². The fourth-order valence-electron chi connectivity index (χ4n) is 1.69. The van der Waals surface area contributed by atoms with E-state index in [1.165, 1.54) is 0 Å². The van der Waals surface area contributed by atoms with E-state index in [9.17, 15) is 4.79 Å². The number of benzene rings is 1. The summed E-state index contributed by atoms with van der Waals surface area (Å²) in [6, 6.07) is 5.38. The van der Waals surface area contributed by atoms with Gasteiger partial charge < -0.3 is 9.47 Å². The van der Waals surface area contributed by atoms with E-state index in [0.717, 1.165) is 0 Å². The molecule has 0 saturated heterocycles. The van der Waals surface area contributed by atoms with Crippen molar-refractivity contribution in [2.75, 3.05) is 13.7 Å². The van der Waals surface area contributed by atoms with Gasteiger partial charge in [-0.1, -0.05) is 6.07 Å². The summed E-state index contributed by atoms with van der Waals surface area (Å²) >= 11 is 0. The van der Waals surface area contributed by atoms with Crippen LogP contribution in [0.4, 0.5) is 0 Å². The minimum absolute atomic E-state index is 0.114. The Morgan fingerprint density at radius 1 is 1.40 bits per heavy atom. The first-order valence-corrected chi connectivity index (χ1v) is 4.91. The molecule has 0 amide bonds. The zero-order valence-electron chi connectivity index (χ0n) is 9.16. The standard InChI is InChI=1S/C12H14O3/c1-12(2)7-15-10-8(11(12)13)5-4-6-9(10)14-3/h4-6H,7H2,1-3H3. The number of hydrogen-bond acceptors (Lipinski definition) is 3. The van der Waals surface area contributed by atoms with Crippen LogP contribution in [0.1, 0.15) is 24.2 Å². The van der Waals surface area contributed by atoms with Crippen LogP contribution < -0.4 is 9.47 Å². The molecule has 80 valence electrons. The second-order valence-corrected chi connectivity index (χ2v) is 4.34. The quantitative estimate of drug-likeness (QED) is 0.707. The Labute approximate surface area is 89.0 Å². The van der Waals surface area contributed by atoms with Crippen molar-refractivity contribution in [2.45, 2.75) is 13.8 Å². The maximum atomic E-state index is 12.1. The van der Waals surface area contributed by atoms with E-state index in [1.54, 1.807) is 25.3 Å². The monoisotopic (exact) mass is 206 g/mol. The molecule has 3 nitrogen and oxygen atoms in total. The Bertz CT molecular complexity index is 407. The molecular weight excluding hydrogens is 192 g/mol. The van der Waals surface area contributed by atoms with Crippen LogP contribution in [0.25, 0.3) is 0 Å². The van der Waals surface area contributed by atoms with Crippen LogP contribution in [0.2, 0.25) is 0 Å². The van der Waals surface area contributed by atoms with Crippen molar-refractivity contribution in [2.24, 2.45) is 5.41 Å².